The third kappa shape index (κ3) is 14.0. The Morgan fingerprint density at radius 1 is 0.273 bits per heavy atom. The normalized spacial score (nSPS) is 14.0. The third-order valence-corrected chi connectivity index (χ3v) is 18.2. The van der Waals surface area contributed by atoms with E-state index in [2.05, 4.69) is 419 Å². The van der Waals surface area contributed by atoms with Gasteiger partial charge in [0.15, 0.2) is 0 Å². The van der Waals surface area contributed by atoms with Gasteiger partial charge in [-0.1, -0.05) is 195 Å². The monoisotopic (exact) mass is 1280 g/mol. The zero-order valence-corrected chi connectivity index (χ0v) is 55.3. The maximum absolute atomic E-state index is 5.47. The molecule has 0 fully saturated rings. The standard InChI is InChI=1S/C92H75N7/c1-70-42-48-81(49-43-70)97(80-40-24-9-25-41-80)87-60-68-91(69-61-87)99(90-66-58-86(59-67-90)96(78-36-20-7-21-37-78)79-38-22-8-23-39-79)83-52-46-72(47-53-83)92(93-73-26-10-2-11-27-73)71-44-50-82(51-45-71)98(88-62-54-84(55-63-88)94(74-28-12-3-13-29-74)75-30-14-4-15-31-75)89-64-56-85(57-65-89)95(76-32-16-5-17-33-76)77-34-18-6-19-35-77/h2-34,36-42,44-70,77H,35,43H2,1H3. The zero-order valence-electron chi connectivity index (χ0n) is 55.3. The van der Waals surface area contributed by atoms with Gasteiger partial charge in [0.1, 0.15) is 0 Å². The van der Waals surface area contributed by atoms with Crippen LogP contribution in [0.5, 0.6) is 0 Å². The zero-order chi connectivity index (χ0) is 66.5. The highest BCUT2D eigenvalue weighted by Crippen LogP contribution is 2.44. The minimum absolute atomic E-state index is 0.176. The molecule has 0 bridgehead atoms. The summed E-state index contributed by atoms with van der Waals surface area (Å²) in [5.41, 5.74) is 21.9. The third-order valence-electron chi connectivity index (χ3n) is 18.2. The maximum Gasteiger partial charge on any atom is 0.0781 e. The maximum atomic E-state index is 5.47. The molecule has 478 valence electrons. The Morgan fingerprint density at radius 3 is 0.859 bits per heavy atom. The Bertz CT molecular complexity index is 4830. The molecule has 2 unspecified atom stereocenters. The van der Waals surface area contributed by atoms with Gasteiger partial charge in [0.2, 0.25) is 0 Å². The number of allylic oxidation sites excluding steroid dienone is 5. The fourth-order valence-corrected chi connectivity index (χ4v) is 13.4. The number of anilines is 16. The van der Waals surface area contributed by atoms with Crippen molar-refractivity contribution in [3.05, 3.63) is 417 Å². The van der Waals surface area contributed by atoms with Crippen LogP contribution in [0.4, 0.5) is 96.7 Å². The smallest absolute Gasteiger partial charge is 0.0781 e. The van der Waals surface area contributed by atoms with E-state index in [9.17, 15) is 0 Å². The number of rotatable bonds is 21. The van der Waals surface area contributed by atoms with Crippen molar-refractivity contribution in [3.8, 4) is 0 Å². The molecule has 15 rings (SSSR count). The highest BCUT2D eigenvalue weighted by atomic mass is 15.2. The lowest BCUT2D eigenvalue weighted by Crippen LogP contribution is -2.29. The Balaban J connectivity index is 0.802. The van der Waals surface area contributed by atoms with Crippen LogP contribution >= 0.6 is 0 Å². The van der Waals surface area contributed by atoms with Crippen molar-refractivity contribution in [2.45, 2.75) is 25.8 Å². The van der Waals surface area contributed by atoms with Crippen molar-refractivity contribution in [2.24, 2.45) is 10.9 Å². The Morgan fingerprint density at radius 2 is 0.545 bits per heavy atom. The van der Waals surface area contributed by atoms with Crippen molar-refractivity contribution >= 4 is 102 Å². The van der Waals surface area contributed by atoms with Crippen LogP contribution in [-0.2, 0) is 0 Å². The van der Waals surface area contributed by atoms with Crippen LogP contribution in [0.15, 0.2) is 411 Å². The predicted molar refractivity (Wildman–Crippen MR) is 418 cm³/mol. The van der Waals surface area contributed by atoms with Gasteiger partial charge in [0.05, 0.1) is 17.4 Å². The van der Waals surface area contributed by atoms with Gasteiger partial charge < -0.3 is 29.4 Å². The Kier molecular flexibility index (Phi) is 18.6. The van der Waals surface area contributed by atoms with Crippen molar-refractivity contribution < 1.29 is 0 Å². The molecule has 13 aromatic carbocycles. The highest BCUT2D eigenvalue weighted by molar-refractivity contribution is 6.14. The molecule has 0 saturated heterocycles. The van der Waals surface area contributed by atoms with Crippen LogP contribution in [0.3, 0.4) is 0 Å². The van der Waals surface area contributed by atoms with E-state index in [4.69, 9.17) is 4.99 Å². The molecule has 13 aromatic rings. The van der Waals surface area contributed by atoms with E-state index in [1.54, 1.807) is 0 Å². The SMILES string of the molecule is CC1C=CC(N(c2ccccc2)c2ccc(N(c3ccc(C(=Nc4ccccc4)c4ccc(N(c5ccc(N(c6ccccc6)c6ccccc6)cc5)c5ccc(N(c6ccccc6)C6C=CC=CC6)cc5)cc4)cc3)c3ccc(N(c4ccccc4)c4ccccc4)cc3)cc2)=CC1. The van der Waals surface area contributed by atoms with Gasteiger partial charge in [-0.05, 0) is 231 Å². The number of para-hydroxylation sites is 7. The number of nitrogens with zero attached hydrogens (tertiary/aromatic N) is 7. The van der Waals surface area contributed by atoms with Crippen molar-refractivity contribution in [1.82, 2.24) is 0 Å². The highest BCUT2D eigenvalue weighted by Gasteiger charge is 2.24. The van der Waals surface area contributed by atoms with Crippen LogP contribution < -0.4 is 29.4 Å². The molecule has 7 nitrogen and oxygen atoms in total. The van der Waals surface area contributed by atoms with Crippen LogP contribution in [0, 0.1) is 5.92 Å². The largest absolute Gasteiger partial charge is 0.334 e. The van der Waals surface area contributed by atoms with Gasteiger partial charge in [0.25, 0.3) is 0 Å². The topological polar surface area (TPSA) is 31.8 Å². The van der Waals surface area contributed by atoms with E-state index in [1.807, 2.05) is 18.2 Å². The summed E-state index contributed by atoms with van der Waals surface area (Å²) >= 11 is 0. The number of benzene rings is 13. The summed E-state index contributed by atoms with van der Waals surface area (Å²) in [4.78, 5) is 19.6. The van der Waals surface area contributed by atoms with Gasteiger partial charge in [-0.25, -0.2) is 4.99 Å². The van der Waals surface area contributed by atoms with Crippen LogP contribution in [0.25, 0.3) is 0 Å². The predicted octanol–water partition coefficient (Wildman–Crippen LogP) is 25.4. The van der Waals surface area contributed by atoms with Crippen molar-refractivity contribution in [2.75, 3.05) is 29.4 Å². The molecule has 0 radical (unpaired) electrons. The van der Waals surface area contributed by atoms with E-state index in [-0.39, 0.29) is 6.04 Å². The number of aliphatic imine (C=N–C) groups is 1. The molecule has 99 heavy (non-hydrogen) atoms. The van der Waals surface area contributed by atoms with Crippen LogP contribution in [-0.4, -0.2) is 11.8 Å². The molecular weight excluding hydrogens is 1200 g/mol. The lowest BCUT2D eigenvalue weighted by molar-refractivity contribution is 0.728. The summed E-state index contributed by atoms with van der Waals surface area (Å²) in [6.07, 6.45) is 17.7. The summed E-state index contributed by atoms with van der Waals surface area (Å²) < 4.78 is 0. The van der Waals surface area contributed by atoms with Gasteiger partial charge in [-0.2, -0.15) is 0 Å². The number of hydrogen-bond acceptors (Lipinski definition) is 7. The molecule has 0 spiro atoms. The molecular formula is C92H75N7. The summed E-state index contributed by atoms with van der Waals surface area (Å²) in [5.74, 6) is 0.494. The van der Waals surface area contributed by atoms with Crippen LogP contribution in [0.1, 0.15) is 30.9 Å². The summed E-state index contributed by atoms with van der Waals surface area (Å²) in [5, 5.41) is 0. The molecule has 0 amide bonds. The lowest BCUT2D eigenvalue weighted by Gasteiger charge is -2.33. The summed E-state index contributed by atoms with van der Waals surface area (Å²) in [6, 6.07) is 128. The summed E-state index contributed by atoms with van der Waals surface area (Å²) in [7, 11) is 0. The van der Waals surface area contributed by atoms with Gasteiger partial charge in [-0.3, -0.25) is 0 Å². The number of hydrogen-bond donors (Lipinski definition) is 0. The minimum Gasteiger partial charge on any atom is -0.334 e. The molecule has 0 saturated carbocycles. The van der Waals surface area contributed by atoms with Gasteiger partial charge in [-0.15, -0.1) is 0 Å². The second kappa shape index (κ2) is 29.5. The van der Waals surface area contributed by atoms with Crippen molar-refractivity contribution in [1.29, 1.82) is 0 Å². The van der Waals surface area contributed by atoms with Gasteiger partial charge >= 0.3 is 0 Å². The molecule has 0 aliphatic heterocycles. The van der Waals surface area contributed by atoms with E-state index >= 15 is 0 Å². The van der Waals surface area contributed by atoms with E-state index < -0.39 is 0 Å². The molecule has 2 atom stereocenters. The first-order valence-electron chi connectivity index (χ1n) is 34.1. The first-order valence-corrected chi connectivity index (χ1v) is 34.1. The average molecular weight is 1280 g/mol. The van der Waals surface area contributed by atoms with Gasteiger partial charge in [0, 0.05) is 108 Å². The molecule has 0 N–H and O–H groups in total. The fraction of sp³-hybridized carbons (Fsp3) is 0.0543. The molecule has 2 aliphatic rings. The quantitative estimate of drug-likeness (QED) is 0.0667. The first kappa shape index (κ1) is 62.4. The Hall–Kier alpha value is -12.7. The fourth-order valence-electron chi connectivity index (χ4n) is 13.4. The molecule has 0 heterocycles. The van der Waals surface area contributed by atoms with E-state index in [1.165, 1.54) is 5.70 Å². The lowest BCUT2D eigenvalue weighted by atomic mass is 10.00. The second-order valence-electron chi connectivity index (χ2n) is 24.8. The molecule has 7 heteroatoms. The van der Waals surface area contributed by atoms with E-state index in [0.29, 0.717) is 5.92 Å². The Labute approximate surface area is 582 Å². The van der Waals surface area contributed by atoms with Crippen LogP contribution in [0.2, 0.25) is 0 Å². The summed E-state index contributed by atoms with van der Waals surface area (Å²) in [6.45, 7) is 2.27. The van der Waals surface area contributed by atoms with Crippen molar-refractivity contribution in [3.63, 3.8) is 0 Å². The average Bonchev–Trinajstić information content (AvgIpc) is 0.832. The van der Waals surface area contributed by atoms with E-state index in [0.717, 1.165) is 126 Å². The second-order valence-corrected chi connectivity index (χ2v) is 24.8. The minimum atomic E-state index is 0.176. The first-order chi connectivity index (χ1) is 49.0. The molecule has 0 aromatic heterocycles. The molecule has 2 aliphatic carbocycles.